The highest BCUT2D eigenvalue weighted by molar-refractivity contribution is 4.95. The second kappa shape index (κ2) is 5.06. The predicted molar refractivity (Wildman–Crippen MR) is 42.2 cm³/mol. The lowest BCUT2D eigenvalue weighted by Gasteiger charge is -2.29. The number of nitriles is 1. The molecule has 0 aliphatic heterocycles. The summed E-state index contributed by atoms with van der Waals surface area (Å²) in [6.07, 6.45) is 0. The van der Waals surface area contributed by atoms with Gasteiger partial charge in [0.1, 0.15) is 0 Å². The summed E-state index contributed by atoms with van der Waals surface area (Å²) in [7, 11) is 0. The molecule has 0 aromatic heterocycles. The highest BCUT2D eigenvalue weighted by Crippen LogP contribution is 2.02. The third kappa shape index (κ3) is 2.75. The minimum absolute atomic E-state index is 0.411. The van der Waals surface area contributed by atoms with E-state index in [-0.39, 0.29) is 0 Å². The van der Waals surface area contributed by atoms with Crippen molar-refractivity contribution in [2.75, 3.05) is 19.8 Å². The van der Waals surface area contributed by atoms with Crippen LogP contribution in [0, 0.1) is 11.3 Å². The fourth-order valence-corrected chi connectivity index (χ4v) is 0.778. The highest BCUT2D eigenvalue weighted by atomic mass is 16.3. The van der Waals surface area contributed by atoms with Crippen LogP contribution >= 0.6 is 0 Å². The smallest absolute Gasteiger partial charge is 0.0930 e. The summed E-state index contributed by atoms with van der Waals surface area (Å²) < 4.78 is 0. The van der Waals surface area contributed by atoms with Crippen molar-refractivity contribution >= 4 is 0 Å². The van der Waals surface area contributed by atoms with Gasteiger partial charge in [0.2, 0.25) is 0 Å². The Morgan fingerprint density at radius 2 is 1.75 bits per heavy atom. The van der Waals surface area contributed by atoms with Gasteiger partial charge in [-0.3, -0.25) is 5.32 Å². The zero-order valence-electron chi connectivity index (χ0n) is 6.99. The summed E-state index contributed by atoms with van der Waals surface area (Å²) in [4.78, 5) is 0. The van der Waals surface area contributed by atoms with E-state index in [1.165, 1.54) is 0 Å². The number of rotatable bonds is 5. The molecule has 5 nitrogen and oxygen atoms in total. The molecule has 12 heavy (non-hydrogen) atoms. The van der Waals surface area contributed by atoms with Gasteiger partial charge in [-0.2, -0.15) is 5.26 Å². The fourth-order valence-electron chi connectivity index (χ4n) is 0.778. The second-order valence-electron chi connectivity index (χ2n) is 2.75. The lowest BCUT2D eigenvalue weighted by Crippen LogP contribution is -2.57. The molecule has 0 fully saturated rings. The Bertz CT molecular complexity index is 154. The largest absolute Gasteiger partial charge is 0.394 e. The first-order chi connectivity index (χ1) is 5.64. The number of aliphatic hydroxyl groups excluding tert-OH is 3. The molecule has 0 saturated heterocycles. The molecule has 0 saturated carbocycles. The molecule has 0 amide bonds. The van der Waals surface area contributed by atoms with Crippen LogP contribution in [0.5, 0.6) is 0 Å². The summed E-state index contributed by atoms with van der Waals surface area (Å²) in [5.74, 6) is 0. The standard InChI is InChI=1S/C7H14N2O3/c1-6(2-8)9-7(3-10,4-11)5-12/h6,9-12H,3-5H2,1H3. The van der Waals surface area contributed by atoms with Gasteiger partial charge in [-0.1, -0.05) is 0 Å². The summed E-state index contributed by atoms with van der Waals surface area (Å²) in [5.41, 5.74) is -1.16. The van der Waals surface area contributed by atoms with Crippen molar-refractivity contribution in [3.63, 3.8) is 0 Å². The van der Waals surface area contributed by atoms with Gasteiger partial charge >= 0.3 is 0 Å². The zero-order chi connectivity index (χ0) is 9.61. The van der Waals surface area contributed by atoms with E-state index in [1.807, 2.05) is 6.07 Å². The molecular weight excluding hydrogens is 160 g/mol. The molecule has 0 aliphatic rings. The average Bonchev–Trinajstić information content (AvgIpc) is 2.14. The third-order valence-electron chi connectivity index (χ3n) is 1.62. The number of aliphatic hydroxyl groups is 3. The van der Waals surface area contributed by atoms with Crippen LogP contribution in [0.3, 0.4) is 0 Å². The molecule has 1 unspecified atom stereocenters. The number of nitrogens with one attached hydrogen (secondary N) is 1. The van der Waals surface area contributed by atoms with Crippen LogP contribution in [-0.4, -0.2) is 46.7 Å². The SMILES string of the molecule is CC(C#N)NC(CO)(CO)CO. The minimum Gasteiger partial charge on any atom is -0.394 e. The summed E-state index contributed by atoms with van der Waals surface area (Å²) in [6.45, 7) is 0.347. The van der Waals surface area contributed by atoms with Gasteiger partial charge in [-0.05, 0) is 6.92 Å². The summed E-state index contributed by atoms with van der Waals surface area (Å²) in [5, 5.41) is 37.5. The van der Waals surface area contributed by atoms with Crippen LogP contribution in [0.1, 0.15) is 6.92 Å². The van der Waals surface area contributed by atoms with Gasteiger partial charge in [0.25, 0.3) is 0 Å². The lowest BCUT2D eigenvalue weighted by atomic mass is 10.0. The van der Waals surface area contributed by atoms with Crippen molar-refractivity contribution in [3.05, 3.63) is 0 Å². The van der Waals surface area contributed by atoms with Crippen LogP contribution in [-0.2, 0) is 0 Å². The Morgan fingerprint density at radius 1 is 1.33 bits per heavy atom. The molecule has 0 bridgehead atoms. The van der Waals surface area contributed by atoms with Gasteiger partial charge in [0.15, 0.2) is 0 Å². The molecule has 0 heterocycles. The Kier molecular flexibility index (Phi) is 4.78. The Balaban J connectivity index is 4.22. The van der Waals surface area contributed by atoms with Crippen LogP contribution in [0.4, 0.5) is 0 Å². The van der Waals surface area contributed by atoms with Crippen molar-refractivity contribution < 1.29 is 15.3 Å². The van der Waals surface area contributed by atoms with Crippen molar-refractivity contribution in [2.24, 2.45) is 0 Å². The zero-order valence-corrected chi connectivity index (χ0v) is 6.99. The molecule has 0 radical (unpaired) electrons. The molecule has 70 valence electrons. The van der Waals surface area contributed by atoms with E-state index < -0.39 is 31.4 Å². The van der Waals surface area contributed by atoms with E-state index >= 15 is 0 Å². The van der Waals surface area contributed by atoms with E-state index in [2.05, 4.69) is 5.32 Å². The molecule has 4 N–H and O–H groups in total. The van der Waals surface area contributed by atoms with Gasteiger partial charge < -0.3 is 15.3 Å². The first-order valence-electron chi connectivity index (χ1n) is 3.64. The summed E-state index contributed by atoms with van der Waals surface area (Å²) >= 11 is 0. The second-order valence-corrected chi connectivity index (χ2v) is 2.75. The van der Waals surface area contributed by atoms with Crippen molar-refractivity contribution in [2.45, 2.75) is 18.5 Å². The molecule has 0 aromatic rings. The lowest BCUT2D eigenvalue weighted by molar-refractivity contribution is 0.0396. The maximum absolute atomic E-state index is 8.83. The number of hydrogen-bond acceptors (Lipinski definition) is 5. The molecule has 1 atom stereocenters. The fraction of sp³-hybridized carbons (Fsp3) is 0.857. The average molecular weight is 174 g/mol. The van der Waals surface area contributed by atoms with Crippen molar-refractivity contribution in [3.8, 4) is 6.07 Å². The molecule has 0 rings (SSSR count). The third-order valence-corrected chi connectivity index (χ3v) is 1.62. The normalized spacial score (nSPS) is 13.9. The van der Waals surface area contributed by atoms with Crippen LogP contribution in [0.2, 0.25) is 0 Å². The van der Waals surface area contributed by atoms with E-state index in [0.717, 1.165) is 0 Å². The molecule has 0 aromatic carbocycles. The van der Waals surface area contributed by atoms with Crippen molar-refractivity contribution in [1.29, 1.82) is 5.26 Å². The molecule has 5 heteroatoms. The van der Waals surface area contributed by atoms with Gasteiger partial charge in [-0.15, -0.1) is 0 Å². The van der Waals surface area contributed by atoms with Crippen LogP contribution < -0.4 is 5.32 Å². The van der Waals surface area contributed by atoms with E-state index in [0.29, 0.717) is 0 Å². The van der Waals surface area contributed by atoms with Crippen LogP contribution in [0.25, 0.3) is 0 Å². The first kappa shape index (κ1) is 11.3. The van der Waals surface area contributed by atoms with E-state index in [4.69, 9.17) is 20.6 Å². The highest BCUT2D eigenvalue weighted by Gasteiger charge is 2.29. The molecule has 0 spiro atoms. The molecule has 0 aliphatic carbocycles. The minimum atomic E-state index is -1.16. The Labute approximate surface area is 71.3 Å². The number of hydrogen-bond donors (Lipinski definition) is 4. The first-order valence-corrected chi connectivity index (χ1v) is 3.64. The van der Waals surface area contributed by atoms with E-state index in [1.54, 1.807) is 6.92 Å². The predicted octanol–water partition coefficient (Wildman–Crippen LogP) is -1.80. The van der Waals surface area contributed by atoms with Gasteiger partial charge in [0.05, 0.1) is 37.5 Å². The topological polar surface area (TPSA) is 96.5 Å². The van der Waals surface area contributed by atoms with Crippen LogP contribution in [0.15, 0.2) is 0 Å². The monoisotopic (exact) mass is 174 g/mol. The van der Waals surface area contributed by atoms with Gasteiger partial charge in [-0.25, -0.2) is 0 Å². The van der Waals surface area contributed by atoms with E-state index in [9.17, 15) is 0 Å². The Hall–Kier alpha value is -0.670. The Morgan fingerprint density at radius 3 is 2.00 bits per heavy atom. The maximum Gasteiger partial charge on any atom is 0.0930 e. The molecular formula is C7H14N2O3. The number of nitrogens with zero attached hydrogens (tertiary/aromatic N) is 1. The maximum atomic E-state index is 8.83. The van der Waals surface area contributed by atoms with Gasteiger partial charge in [0, 0.05) is 0 Å². The van der Waals surface area contributed by atoms with Crippen molar-refractivity contribution in [1.82, 2.24) is 5.32 Å². The quantitative estimate of drug-likeness (QED) is 0.394. The summed E-state index contributed by atoms with van der Waals surface area (Å²) in [6, 6.07) is 1.36.